The van der Waals surface area contributed by atoms with Crippen molar-refractivity contribution in [2.24, 2.45) is 0 Å². The van der Waals surface area contributed by atoms with E-state index in [0.29, 0.717) is 11.6 Å². The van der Waals surface area contributed by atoms with Crippen LogP contribution in [0, 0.1) is 0 Å². The molecule has 2 saturated heterocycles. The molecule has 3 rings (SSSR count). The molecule has 0 unspecified atom stereocenters. The Kier molecular flexibility index (Phi) is 2.82. The topological polar surface area (TPSA) is 64.3 Å². The minimum Gasteiger partial charge on any atom is -0.335 e. The fourth-order valence-electron chi connectivity index (χ4n) is 2.45. The van der Waals surface area contributed by atoms with Gasteiger partial charge in [0.25, 0.3) is 5.91 Å². The predicted molar refractivity (Wildman–Crippen MR) is 62.7 cm³/mol. The molecule has 0 bridgehead atoms. The van der Waals surface area contributed by atoms with Crippen LogP contribution in [-0.2, 0) is 0 Å². The molecule has 92 valence electrons. The highest BCUT2D eigenvalue weighted by Crippen LogP contribution is 2.17. The first kappa shape index (κ1) is 10.7. The zero-order chi connectivity index (χ0) is 11.7. The molecule has 0 atom stereocenters. The van der Waals surface area contributed by atoms with Gasteiger partial charge in [-0.15, -0.1) is 0 Å². The summed E-state index contributed by atoms with van der Waals surface area (Å²) in [5, 5.41) is 9.81. The summed E-state index contributed by atoms with van der Waals surface area (Å²) in [6.45, 7) is 6.02. The van der Waals surface area contributed by atoms with Crippen molar-refractivity contribution in [2.45, 2.75) is 6.04 Å². The lowest BCUT2D eigenvalue weighted by Crippen LogP contribution is -2.63. The van der Waals surface area contributed by atoms with Crippen molar-refractivity contribution >= 4 is 5.91 Å². The number of rotatable bonds is 2. The SMILES string of the molecule is O=C(c1cn[nH]c1)N1CC(N2CCNCC2)C1. The average molecular weight is 235 g/mol. The molecule has 3 heterocycles. The van der Waals surface area contributed by atoms with Crippen LogP contribution in [0.5, 0.6) is 0 Å². The monoisotopic (exact) mass is 235 g/mol. The average Bonchev–Trinajstić information content (AvgIpc) is 2.81. The van der Waals surface area contributed by atoms with E-state index in [0.717, 1.165) is 39.3 Å². The van der Waals surface area contributed by atoms with E-state index in [1.54, 1.807) is 12.4 Å². The number of aromatic nitrogens is 2. The number of nitrogens with zero attached hydrogens (tertiary/aromatic N) is 3. The molecule has 0 aliphatic carbocycles. The quantitative estimate of drug-likeness (QED) is 0.700. The molecule has 2 aliphatic rings. The van der Waals surface area contributed by atoms with Gasteiger partial charge in [0.15, 0.2) is 0 Å². The normalized spacial score (nSPS) is 22.5. The molecule has 0 radical (unpaired) electrons. The number of hydrogen-bond donors (Lipinski definition) is 2. The zero-order valence-electron chi connectivity index (χ0n) is 9.72. The van der Waals surface area contributed by atoms with Crippen LogP contribution in [0.3, 0.4) is 0 Å². The van der Waals surface area contributed by atoms with Crippen molar-refractivity contribution in [2.75, 3.05) is 39.3 Å². The summed E-state index contributed by atoms with van der Waals surface area (Å²) in [5.41, 5.74) is 0.656. The van der Waals surface area contributed by atoms with Gasteiger partial charge in [-0.05, 0) is 0 Å². The number of amides is 1. The highest BCUT2D eigenvalue weighted by Gasteiger charge is 2.35. The van der Waals surface area contributed by atoms with E-state index in [1.165, 1.54) is 0 Å². The van der Waals surface area contributed by atoms with Crippen molar-refractivity contribution in [3.63, 3.8) is 0 Å². The molecule has 6 heteroatoms. The van der Waals surface area contributed by atoms with Gasteiger partial charge in [-0.2, -0.15) is 5.10 Å². The van der Waals surface area contributed by atoms with Gasteiger partial charge in [-0.3, -0.25) is 14.8 Å². The van der Waals surface area contributed by atoms with Crippen LogP contribution >= 0.6 is 0 Å². The predicted octanol–water partition coefficient (Wildman–Crippen LogP) is -0.861. The first-order valence-corrected chi connectivity index (χ1v) is 6.07. The number of piperazine rings is 1. The smallest absolute Gasteiger partial charge is 0.257 e. The molecule has 2 fully saturated rings. The molecule has 1 amide bonds. The number of carbonyl (C=O) groups excluding carboxylic acids is 1. The van der Waals surface area contributed by atoms with Crippen molar-refractivity contribution in [1.82, 2.24) is 25.3 Å². The van der Waals surface area contributed by atoms with Crippen LogP contribution in [0.2, 0.25) is 0 Å². The molecule has 17 heavy (non-hydrogen) atoms. The fraction of sp³-hybridized carbons (Fsp3) is 0.636. The second-order valence-electron chi connectivity index (χ2n) is 4.64. The minimum absolute atomic E-state index is 0.0881. The van der Waals surface area contributed by atoms with Gasteiger partial charge in [0.2, 0.25) is 0 Å². The Balaban J connectivity index is 1.52. The van der Waals surface area contributed by atoms with Gasteiger partial charge in [0, 0.05) is 51.5 Å². The van der Waals surface area contributed by atoms with E-state index in [1.807, 2.05) is 4.90 Å². The van der Waals surface area contributed by atoms with E-state index in [2.05, 4.69) is 20.4 Å². The molecule has 0 saturated carbocycles. The number of hydrogen-bond acceptors (Lipinski definition) is 4. The van der Waals surface area contributed by atoms with E-state index in [4.69, 9.17) is 0 Å². The highest BCUT2D eigenvalue weighted by atomic mass is 16.2. The molecular weight excluding hydrogens is 218 g/mol. The molecule has 6 nitrogen and oxygen atoms in total. The van der Waals surface area contributed by atoms with Crippen LogP contribution < -0.4 is 5.32 Å². The second kappa shape index (κ2) is 4.46. The van der Waals surface area contributed by atoms with Gasteiger partial charge < -0.3 is 10.2 Å². The Morgan fingerprint density at radius 2 is 2.12 bits per heavy atom. The van der Waals surface area contributed by atoms with Gasteiger partial charge in [0.05, 0.1) is 11.8 Å². The lowest BCUT2D eigenvalue weighted by atomic mass is 10.1. The molecule has 1 aromatic heterocycles. The van der Waals surface area contributed by atoms with Gasteiger partial charge in [-0.1, -0.05) is 0 Å². The third-order valence-electron chi connectivity index (χ3n) is 3.56. The summed E-state index contributed by atoms with van der Waals surface area (Å²) >= 11 is 0. The van der Waals surface area contributed by atoms with Crippen LogP contribution in [-0.4, -0.2) is 71.2 Å². The molecule has 0 aromatic carbocycles. The maximum absolute atomic E-state index is 12.0. The van der Waals surface area contributed by atoms with Gasteiger partial charge >= 0.3 is 0 Å². The third-order valence-corrected chi connectivity index (χ3v) is 3.56. The lowest BCUT2D eigenvalue weighted by Gasteiger charge is -2.46. The second-order valence-corrected chi connectivity index (χ2v) is 4.64. The van der Waals surface area contributed by atoms with Crippen molar-refractivity contribution in [3.05, 3.63) is 18.0 Å². The third kappa shape index (κ3) is 2.05. The standard InChI is InChI=1S/C11H17N5O/c17-11(9-5-13-14-6-9)16-7-10(8-16)15-3-1-12-2-4-15/h5-6,10,12H,1-4,7-8H2,(H,13,14). The Labute approximate surface area is 100.0 Å². The van der Waals surface area contributed by atoms with E-state index >= 15 is 0 Å². The summed E-state index contributed by atoms with van der Waals surface area (Å²) < 4.78 is 0. The highest BCUT2D eigenvalue weighted by molar-refractivity contribution is 5.94. The molecule has 0 spiro atoms. The Hall–Kier alpha value is -1.40. The molecule has 1 aromatic rings. The van der Waals surface area contributed by atoms with Crippen LogP contribution in [0.1, 0.15) is 10.4 Å². The van der Waals surface area contributed by atoms with Gasteiger partial charge in [0.1, 0.15) is 0 Å². The summed E-state index contributed by atoms with van der Waals surface area (Å²) in [5.74, 6) is 0.0881. The number of H-pyrrole nitrogens is 1. The van der Waals surface area contributed by atoms with Crippen molar-refractivity contribution in [3.8, 4) is 0 Å². The summed E-state index contributed by atoms with van der Waals surface area (Å²) in [4.78, 5) is 16.3. The Morgan fingerprint density at radius 3 is 2.76 bits per heavy atom. The number of nitrogens with one attached hydrogen (secondary N) is 2. The summed E-state index contributed by atoms with van der Waals surface area (Å²) in [6.07, 6.45) is 3.24. The summed E-state index contributed by atoms with van der Waals surface area (Å²) in [6, 6.07) is 0.549. The Bertz CT molecular complexity index is 379. The van der Waals surface area contributed by atoms with Crippen LogP contribution in [0.4, 0.5) is 0 Å². The van der Waals surface area contributed by atoms with Gasteiger partial charge in [-0.25, -0.2) is 0 Å². The van der Waals surface area contributed by atoms with E-state index in [9.17, 15) is 4.79 Å². The maximum atomic E-state index is 12.0. The maximum Gasteiger partial charge on any atom is 0.257 e. The van der Waals surface area contributed by atoms with E-state index in [-0.39, 0.29) is 5.91 Å². The first-order valence-electron chi connectivity index (χ1n) is 6.07. The fourth-order valence-corrected chi connectivity index (χ4v) is 2.45. The largest absolute Gasteiger partial charge is 0.335 e. The van der Waals surface area contributed by atoms with Crippen molar-refractivity contribution < 1.29 is 4.79 Å². The minimum atomic E-state index is 0.0881. The Morgan fingerprint density at radius 1 is 1.35 bits per heavy atom. The number of aromatic amines is 1. The van der Waals surface area contributed by atoms with Crippen LogP contribution in [0.25, 0.3) is 0 Å². The van der Waals surface area contributed by atoms with Crippen LogP contribution in [0.15, 0.2) is 12.4 Å². The van der Waals surface area contributed by atoms with Crippen molar-refractivity contribution in [1.29, 1.82) is 0 Å². The molecule has 2 N–H and O–H groups in total. The summed E-state index contributed by atoms with van der Waals surface area (Å²) in [7, 11) is 0. The zero-order valence-corrected chi connectivity index (χ0v) is 9.72. The number of carbonyl (C=O) groups is 1. The first-order chi connectivity index (χ1) is 8.34. The number of likely N-dealkylation sites (tertiary alicyclic amines) is 1. The van der Waals surface area contributed by atoms with E-state index < -0.39 is 0 Å². The lowest BCUT2D eigenvalue weighted by molar-refractivity contribution is 0.0227. The molecular formula is C11H17N5O. The molecule has 2 aliphatic heterocycles.